The Bertz CT molecular complexity index is 478. The molecule has 0 unspecified atom stereocenters. The Hall–Kier alpha value is -2.02. The molecule has 0 spiro atoms. The quantitative estimate of drug-likeness (QED) is 0.498. The number of nitrogens with one attached hydrogen (secondary N) is 1. The minimum Gasteiger partial charge on any atom is -0.369 e. The Kier molecular flexibility index (Phi) is 2.20. The molecule has 2 heterocycles. The number of hydrogen-bond acceptors (Lipinski definition) is 6. The molecule has 0 amide bonds. The van der Waals surface area contributed by atoms with E-state index in [1.165, 1.54) is 12.4 Å². The number of aromatic nitrogens is 4. The fraction of sp³-hybridized carbons (Fsp3) is 0. The summed E-state index contributed by atoms with van der Waals surface area (Å²) in [6.07, 6.45) is 2.88. The van der Waals surface area contributed by atoms with Crippen LogP contribution in [0.3, 0.4) is 0 Å². The molecule has 7 nitrogen and oxygen atoms in total. The summed E-state index contributed by atoms with van der Waals surface area (Å²) in [6, 6.07) is 0. The zero-order chi connectivity index (χ0) is 8.55. The van der Waals surface area contributed by atoms with Gasteiger partial charge in [0.25, 0.3) is 5.56 Å². The fourth-order valence-corrected chi connectivity index (χ4v) is 0.890. The monoisotopic (exact) mass is 180 g/mol. The van der Waals surface area contributed by atoms with E-state index in [0.717, 1.165) is 0 Å². The predicted molar refractivity (Wildman–Crippen MR) is 47.4 cm³/mol. The smallest absolute Gasteiger partial charge is 0.280 e. The molecule has 2 aromatic heterocycles. The van der Waals surface area contributed by atoms with Gasteiger partial charge in [0.15, 0.2) is 11.2 Å². The van der Waals surface area contributed by atoms with Gasteiger partial charge in [-0.25, -0.2) is 9.97 Å². The van der Waals surface area contributed by atoms with E-state index >= 15 is 0 Å². The van der Waals surface area contributed by atoms with E-state index in [-0.39, 0.29) is 28.8 Å². The SMILES string of the molecule is N.Nc1nc2nccnc2c(=O)[nH]1. The summed E-state index contributed by atoms with van der Waals surface area (Å²) in [4.78, 5) is 24.9. The number of anilines is 1. The van der Waals surface area contributed by atoms with E-state index in [9.17, 15) is 4.79 Å². The summed E-state index contributed by atoms with van der Waals surface area (Å²) in [5.74, 6) is 0.0491. The van der Waals surface area contributed by atoms with Crippen molar-refractivity contribution in [3.8, 4) is 0 Å². The van der Waals surface area contributed by atoms with Crippen molar-refractivity contribution in [3.05, 3.63) is 22.7 Å². The highest BCUT2D eigenvalue weighted by Crippen LogP contribution is 1.97. The largest absolute Gasteiger partial charge is 0.369 e. The third-order valence-corrected chi connectivity index (χ3v) is 1.36. The van der Waals surface area contributed by atoms with Gasteiger partial charge in [-0.05, 0) is 0 Å². The molecule has 0 saturated carbocycles. The first kappa shape index (κ1) is 9.07. The van der Waals surface area contributed by atoms with Crippen LogP contribution in [0.2, 0.25) is 0 Å². The van der Waals surface area contributed by atoms with Crippen LogP contribution in [0.4, 0.5) is 5.95 Å². The minimum absolute atomic E-state index is 0. The summed E-state index contributed by atoms with van der Waals surface area (Å²) in [6.45, 7) is 0. The van der Waals surface area contributed by atoms with Gasteiger partial charge in [0.1, 0.15) is 0 Å². The molecule has 0 atom stereocenters. The molecule has 6 N–H and O–H groups in total. The predicted octanol–water partition coefficient (Wildman–Crippen LogP) is -0.543. The van der Waals surface area contributed by atoms with Gasteiger partial charge >= 0.3 is 0 Å². The van der Waals surface area contributed by atoms with Crippen LogP contribution in [-0.2, 0) is 0 Å². The van der Waals surface area contributed by atoms with Gasteiger partial charge in [-0.3, -0.25) is 9.78 Å². The van der Waals surface area contributed by atoms with Crippen molar-refractivity contribution < 1.29 is 0 Å². The average Bonchev–Trinajstić information content (AvgIpc) is 2.04. The van der Waals surface area contributed by atoms with Crippen LogP contribution in [0, 0.1) is 0 Å². The second kappa shape index (κ2) is 3.15. The van der Waals surface area contributed by atoms with Crippen LogP contribution < -0.4 is 17.4 Å². The van der Waals surface area contributed by atoms with Crippen molar-refractivity contribution >= 4 is 17.1 Å². The van der Waals surface area contributed by atoms with E-state index in [1.54, 1.807) is 0 Å². The second-order valence-corrected chi connectivity index (χ2v) is 2.18. The number of nitrogens with zero attached hydrogens (tertiary/aromatic N) is 3. The van der Waals surface area contributed by atoms with Crippen molar-refractivity contribution in [2.75, 3.05) is 5.73 Å². The van der Waals surface area contributed by atoms with Gasteiger partial charge < -0.3 is 11.9 Å². The molecular formula is C6H8N6O. The number of rotatable bonds is 0. The first-order valence-electron chi connectivity index (χ1n) is 3.24. The molecule has 0 fully saturated rings. The van der Waals surface area contributed by atoms with Crippen LogP contribution in [0.1, 0.15) is 0 Å². The van der Waals surface area contributed by atoms with Crippen LogP contribution in [-0.4, -0.2) is 19.9 Å². The summed E-state index contributed by atoms with van der Waals surface area (Å²) >= 11 is 0. The maximum atomic E-state index is 11.1. The fourth-order valence-electron chi connectivity index (χ4n) is 0.890. The molecule has 0 aromatic carbocycles. The number of H-pyrrole nitrogens is 1. The standard InChI is InChI=1S/C6H5N5O.H3N/c7-6-10-4-3(5(12)11-6)8-1-2-9-4;/h1-2H,(H3,7,9,10,11,12);1H3. The molecule has 0 saturated heterocycles. The van der Waals surface area contributed by atoms with Crippen molar-refractivity contribution in [2.45, 2.75) is 0 Å². The molecule has 0 radical (unpaired) electrons. The van der Waals surface area contributed by atoms with Gasteiger partial charge in [-0.2, -0.15) is 4.98 Å². The summed E-state index contributed by atoms with van der Waals surface area (Å²) < 4.78 is 0. The average molecular weight is 180 g/mol. The lowest BCUT2D eigenvalue weighted by Crippen LogP contribution is -2.12. The maximum absolute atomic E-state index is 11.1. The molecule has 2 aromatic rings. The normalized spacial score (nSPS) is 9.54. The van der Waals surface area contributed by atoms with E-state index in [1.807, 2.05) is 0 Å². The van der Waals surface area contributed by atoms with Gasteiger partial charge in [-0.15, -0.1) is 0 Å². The van der Waals surface area contributed by atoms with Crippen LogP contribution in [0.5, 0.6) is 0 Å². The van der Waals surface area contributed by atoms with Crippen molar-refractivity contribution in [1.29, 1.82) is 0 Å². The lowest BCUT2D eigenvalue weighted by molar-refractivity contribution is 1.12. The molecule has 7 heteroatoms. The van der Waals surface area contributed by atoms with Gasteiger partial charge in [0, 0.05) is 12.4 Å². The summed E-state index contributed by atoms with van der Waals surface area (Å²) in [7, 11) is 0. The highest BCUT2D eigenvalue weighted by Gasteiger charge is 2.01. The molecule has 0 aliphatic rings. The molecule has 68 valence electrons. The van der Waals surface area contributed by atoms with Crippen LogP contribution in [0.25, 0.3) is 11.2 Å². The Morgan fingerprint density at radius 2 is 2.00 bits per heavy atom. The maximum Gasteiger partial charge on any atom is 0.280 e. The zero-order valence-corrected chi connectivity index (χ0v) is 6.69. The number of nitrogen functional groups attached to an aromatic ring is 1. The lowest BCUT2D eigenvalue weighted by atomic mass is 10.5. The molecule has 0 bridgehead atoms. The Labute approximate surface area is 72.6 Å². The highest BCUT2D eigenvalue weighted by atomic mass is 16.1. The van der Waals surface area contributed by atoms with E-state index in [2.05, 4.69) is 19.9 Å². The van der Waals surface area contributed by atoms with Crippen LogP contribution >= 0.6 is 0 Å². The van der Waals surface area contributed by atoms with Gasteiger partial charge in [0.05, 0.1) is 0 Å². The van der Waals surface area contributed by atoms with Gasteiger partial charge in [-0.1, -0.05) is 0 Å². The van der Waals surface area contributed by atoms with E-state index in [4.69, 9.17) is 5.73 Å². The van der Waals surface area contributed by atoms with E-state index in [0.29, 0.717) is 0 Å². The van der Waals surface area contributed by atoms with Gasteiger partial charge in [0.2, 0.25) is 5.95 Å². The Balaban J connectivity index is 0.000000845. The number of nitrogens with two attached hydrogens (primary N) is 1. The first-order chi connectivity index (χ1) is 5.77. The molecule has 2 rings (SSSR count). The topological polar surface area (TPSA) is 133 Å². The number of fused-ring (bicyclic) bond motifs is 1. The molecular weight excluding hydrogens is 172 g/mol. The Morgan fingerprint density at radius 1 is 1.31 bits per heavy atom. The number of hydrogen-bond donors (Lipinski definition) is 3. The second-order valence-electron chi connectivity index (χ2n) is 2.18. The van der Waals surface area contributed by atoms with Crippen molar-refractivity contribution in [2.24, 2.45) is 0 Å². The highest BCUT2D eigenvalue weighted by molar-refractivity contribution is 5.68. The Morgan fingerprint density at radius 3 is 2.77 bits per heavy atom. The summed E-state index contributed by atoms with van der Waals surface area (Å²) in [5, 5.41) is 0. The van der Waals surface area contributed by atoms with Crippen LogP contribution in [0.15, 0.2) is 17.2 Å². The third kappa shape index (κ3) is 1.44. The first-order valence-corrected chi connectivity index (χ1v) is 3.24. The van der Waals surface area contributed by atoms with Crippen molar-refractivity contribution in [3.63, 3.8) is 0 Å². The number of aromatic amines is 1. The molecule has 0 aliphatic heterocycles. The van der Waals surface area contributed by atoms with Crippen molar-refractivity contribution in [1.82, 2.24) is 26.1 Å². The third-order valence-electron chi connectivity index (χ3n) is 1.36. The lowest BCUT2D eigenvalue weighted by Gasteiger charge is -1.94. The molecule has 0 aliphatic carbocycles. The van der Waals surface area contributed by atoms with E-state index < -0.39 is 0 Å². The summed E-state index contributed by atoms with van der Waals surface area (Å²) in [5.41, 5.74) is 5.38. The zero-order valence-electron chi connectivity index (χ0n) is 6.69. The molecule has 13 heavy (non-hydrogen) atoms. The minimum atomic E-state index is -0.370.